The van der Waals surface area contributed by atoms with E-state index in [9.17, 15) is 4.79 Å². The number of nitrogens with one attached hydrogen (secondary N) is 1. The van der Waals surface area contributed by atoms with Gasteiger partial charge >= 0.3 is 5.97 Å². The summed E-state index contributed by atoms with van der Waals surface area (Å²) in [6.45, 7) is 0.798. The van der Waals surface area contributed by atoms with Crippen molar-refractivity contribution < 1.29 is 9.90 Å². The standard InChI is InChI=1S/C28H25NO2S/c30-28(31)18-21-14-16-25(17-15-21)32-26-13-7-12-24(19-26)29-20-27(22-8-3-1-4-9-22)23-10-5-2-6-11-23/h1-17,19,27,29H,18,20H2,(H,30,31). The Morgan fingerprint density at radius 2 is 1.38 bits per heavy atom. The van der Waals surface area contributed by atoms with Crippen LogP contribution in [0.15, 0.2) is 119 Å². The van der Waals surface area contributed by atoms with Gasteiger partial charge in [-0.1, -0.05) is 90.6 Å². The van der Waals surface area contributed by atoms with Gasteiger partial charge in [-0.25, -0.2) is 0 Å². The van der Waals surface area contributed by atoms with Crippen LogP contribution >= 0.6 is 11.8 Å². The maximum Gasteiger partial charge on any atom is 0.307 e. The molecule has 3 nitrogen and oxygen atoms in total. The first-order valence-corrected chi connectivity index (χ1v) is 11.4. The average Bonchev–Trinajstić information content (AvgIpc) is 2.82. The van der Waals surface area contributed by atoms with Crippen LogP contribution in [0.25, 0.3) is 0 Å². The Bertz CT molecular complexity index is 1110. The zero-order valence-corrected chi connectivity index (χ0v) is 18.5. The van der Waals surface area contributed by atoms with E-state index >= 15 is 0 Å². The number of hydrogen-bond acceptors (Lipinski definition) is 3. The monoisotopic (exact) mass is 439 g/mol. The second-order valence-corrected chi connectivity index (χ2v) is 8.75. The fourth-order valence-electron chi connectivity index (χ4n) is 3.67. The molecule has 0 aliphatic heterocycles. The van der Waals surface area contributed by atoms with Crippen LogP contribution in [-0.4, -0.2) is 17.6 Å². The molecule has 0 saturated carbocycles. The Kier molecular flexibility index (Phi) is 7.26. The average molecular weight is 440 g/mol. The lowest BCUT2D eigenvalue weighted by molar-refractivity contribution is -0.136. The summed E-state index contributed by atoms with van der Waals surface area (Å²) in [7, 11) is 0. The Balaban J connectivity index is 1.45. The lowest BCUT2D eigenvalue weighted by Crippen LogP contribution is -2.14. The molecule has 0 spiro atoms. The number of carbonyl (C=O) groups is 1. The highest BCUT2D eigenvalue weighted by Gasteiger charge is 2.13. The lowest BCUT2D eigenvalue weighted by atomic mass is 9.91. The summed E-state index contributed by atoms with van der Waals surface area (Å²) >= 11 is 1.67. The number of hydrogen-bond donors (Lipinski definition) is 2. The Morgan fingerprint density at radius 3 is 1.97 bits per heavy atom. The lowest BCUT2D eigenvalue weighted by Gasteiger charge is -2.20. The zero-order valence-electron chi connectivity index (χ0n) is 17.6. The Hall–Kier alpha value is -3.50. The van der Waals surface area contributed by atoms with Gasteiger partial charge in [0.05, 0.1) is 6.42 Å². The maximum absolute atomic E-state index is 10.9. The van der Waals surface area contributed by atoms with Crippen LogP contribution < -0.4 is 5.32 Å². The molecule has 4 rings (SSSR count). The van der Waals surface area contributed by atoms with Gasteiger partial charge in [-0.2, -0.15) is 0 Å². The topological polar surface area (TPSA) is 49.3 Å². The van der Waals surface area contributed by atoms with Gasteiger partial charge in [-0.05, 0) is 47.0 Å². The number of rotatable bonds is 9. The second-order valence-electron chi connectivity index (χ2n) is 7.60. The van der Waals surface area contributed by atoms with Gasteiger partial charge in [0, 0.05) is 27.9 Å². The highest BCUT2D eigenvalue weighted by atomic mass is 32.2. The molecule has 0 unspecified atom stereocenters. The van der Waals surface area contributed by atoms with Crippen molar-refractivity contribution in [3.8, 4) is 0 Å². The van der Waals surface area contributed by atoms with E-state index in [4.69, 9.17) is 5.11 Å². The highest BCUT2D eigenvalue weighted by molar-refractivity contribution is 7.99. The molecular weight excluding hydrogens is 414 g/mol. The minimum atomic E-state index is -0.812. The molecule has 0 radical (unpaired) electrons. The van der Waals surface area contributed by atoms with E-state index < -0.39 is 5.97 Å². The minimum absolute atomic E-state index is 0.0499. The van der Waals surface area contributed by atoms with Gasteiger partial charge < -0.3 is 10.4 Å². The van der Waals surface area contributed by atoms with Crippen molar-refractivity contribution in [2.45, 2.75) is 22.1 Å². The zero-order chi connectivity index (χ0) is 22.2. The molecule has 0 saturated heterocycles. The first-order valence-electron chi connectivity index (χ1n) is 10.6. The van der Waals surface area contributed by atoms with E-state index in [1.165, 1.54) is 11.1 Å². The summed E-state index contributed by atoms with van der Waals surface area (Å²) in [5.41, 5.74) is 4.47. The van der Waals surface area contributed by atoms with E-state index in [-0.39, 0.29) is 12.3 Å². The molecule has 0 aromatic heterocycles. The van der Waals surface area contributed by atoms with Crippen LogP contribution in [0.1, 0.15) is 22.6 Å². The summed E-state index contributed by atoms with van der Waals surface area (Å²) in [5.74, 6) is -0.552. The first kappa shape index (κ1) is 21.7. The number of anilines is 1. The van der Waals surface area contributed by atoms with Crippen molar-refractivity contribution in [2.75, 3.05) is 11.9 Å². The van der Waals surface area contributed by atoms with Crippen molar-refractivity contribution in [3.63, 3.8) is 0 Å². The predicted octanol–water partition coefficient (Wildman–Crippen LogP) is 6.71. The van der Waals surface area contributed by atoms with Crippen LogP contribution in [-0.2, 0) is 11.2 Å². The summed E-state index contributed by atoms with van der Waals surface area (Å²) in [6.07, 6.45) is 0.0499. The van der Waals surface area contributed by atoms with Crippen molar-refractivity contribution in [1.29, 1.82) is 0 Å². The molecule has 0 bridgehead atoms. The number of benzene rings is 4. The molecule has 4 heteroatoms. The van der Waals surface area contributed by atoms with Crippen LogP contribution in [0, 0.1) is 0 Å². The molecule has 4 aromatic carbocycles. The van der Waals surface area contributed by atoms with Crippen LogP contribution in [0.3, 0.4) is 0 Å². The third-order valence-corrected chi connectivity index (χ3v) is 6.26. The largest absolute Gasteiger partial charge is 0.481 e. The van der Waals surface area contributed by atoms with Gasteiger partial charge in [-0.3, -0.25) is 4.79 Å². The molecule has 0 fully saturated rings. The summed E-state index contributed by atoms with van der Waals surface area (Å²) in [4.78, 5) is 13.1. The third-order valence-electron chi connectivity index (χ3n) is 5.26. The first-order chi connectivity index (χ1) is 15.7. The molecule has 4 aromatic rings. The fraction of sp³-hybridized carbons (Fsp3) is 0.107. The quantitative estimate of drug-likeness (QED) is 0.304. The Labute approximate surface area is 193 Å². The second kappa shape index (κ2) is 10.7. The van der Waals surface area contributed by atoms with Crippen molar-refractivity contribution in [2.24, 2.45) is 0 Å². The number of carboxylic acids is 1. The number of carboxylic acid groups (broad SMARTS) is 1. The summed E-state index contributed by atoms with van der Waals surface area (Å²) in [5, 5.41) is 12.5. The molecule has 0 aliphatic carbocycles. The van der Waals surface area contributed by atoms with E-state index in [1.807, 2.05) is 36.4 Å². The molecule has 160 valence electrons. The van der Waals surface area contributed by atoms with E-state index in [0.717, 1.165) is 27.6 Å². The molecule has 0 amide bonds. The SMILES string of the molecule is O=C(O)Cc1ccc(Sc2cccc(NCC(c3ccccc3)c3ccccc3)c2)cc1. The van der Waals surface area contributed by atoms with Crippen LogP contribution in [0.4, 0.5) is 5.69 Å². The van der Waals surface area contributed by atoms with Crippen LogP contribution in [0.2, 0.25) is 0 Å². The van der Waals surface area contributed by atoms with E-state index in [1.54, 1.807) is 11.8 Å². The van der Waals surface area contributed by atoms with Crippen LogP contribution in [0.5, 0.6) is 0 Å². The number of aliphatic carboxylic acids is 1. The normalized spacial score (nSPS) is 10.8. The predicted molar refractivity (Wildman–Crippen MR) is 132 cm³/mol. The van der Waals surface area contributed by atoms with Crippen molar-refractivity contribution in [1.82, 2.24) is 0 Å². The molecule has 0 atom stereocenters. The molecule has 0 heterocycles. The van der Waals surface area contributed by atoms with Gasteiger partial charge in [0.1, 0.15) is 0 Å². The van der Waals surface area contributed by atoms with E-state index in [2.05, 4.69) is 78.1 Å². The highest BCUT2D eigenvalue weighted by Crippen LogP contribution is 2.30. The van der Waals surface area contributed by atoms with Gasteiger partial charge in [0.25, 0.3) is 0 Å². The minimum Gasteiger partial charge on any atom is -0.481 e. The van der Waals surface area contributed by atoms with Crippen molar-refractivity contribution in [3.05, 3.63) is 126 Å². The molecule has 32 heavy (non-hydrogen) atoms. The van der Waals surface area contributed by atoms with Gasteiger partial charge in [0.15, 0.2) is 0 Å². The smallest absolute Gasteiger partial charge is 0.307 e. The molecule has 0 aliphatic rings. The molecular formula is C28H25NO2S. The fourth-order valence-corrected chi connectivity index (χ4v) is 4.55. The third kappa shape index (κ3) is 6.02. The van der Waals surface area contributed by atoms with Gasteiger partial charge in [-0.15, -0.1) is 0 Å². The maximum atomic E-state index is 10.9. The van der Waals surface area contributed by atoms with Gasteiger partial charge in [0.2, 0.25) is 0 Å². The summed E-state index contributed by atoms with van der Waals surface area (Å²) < 4.78 is 0. The molecule has 2 N–H and O–H groups in total. The van der Waals surface area contributed by atoms with E-state index in [0.29, 0.717) is 0 Å². The Morgan fingerprint density at radius 1 is 0.750 bits per heavy atom. The summed E-state index contributed by atoms with van der Waals surface area (Å²) in [6, 6.07) is 37.3. The van der Waals surface area contributed by atoms with Crippen molar-refractivity contribution >= 4 is 23.4 Å².